The molecule has 0 bridgehead atoms. The zero-order valence-electron chi connectivity index (χ0n) is 15.6. The van der Waals surface area contributed by atoms with E-state index in [4.69, 9.17) is 9.15 Å². The van der Waals surface area contributed by atoms with Crippen LogP contribution in [0.5, 0.6) is 5.75 Å². The number of ether oxygens (including phenoxy) is 1. The van der Waals surface area contributed by atoms with Crippen LogP contribution >= 0.6 is 11.8 Å². The minimum atomic E-state index is 0.453. The number of aromatic nitrogens is 3. The fraction of sp³-hybridized carbons (Fsp3) is 0.429. The predicted molar refractivity (Wildman–Crippen MR) is 107 cm³/mol. The van der Waals surface area contributed by atoms with E-state index in [0.29, 0.717) is 12.6 Å². The zero-order chi connectivity index (χ0) is 18.5. The molecule has 1 fully saturated rings. The molecule has 0 spiro atoms. The fourth-order valence-electron chi connectivity index (χ4n) is 3.54. The second-order valence-electron chi connectivity index (χ2n) is 6.96. The van der Waals surface area contributed by atoms with Crippen molar-refractivity contribution >= 4 is 11.8 Å². The van der Waals surface area contributed by atoms with E-state index in [-0.39, 0.29) is 0 Å². The molecule has 0 atom stereocenters. The topological polar surface area (TPSA) is 53.1 Å². The van der Waals surface area contributed by atoms with E-state index in [2.05, 4.69) is 33.8 Å². The molecule has 5 nitrogen and oxygen atoms in total. The van der Waals surface area contributed by atoms with Crippen molar-refractivity contribution in [2.45, 2.75) is 50.2 Å². The van der Waals surface area contributed by atoms with Gasteiger partial charge in [0.05, 0.1) is 12.9 Å². The highest BCUT2D eigenvalue weighted by Gasteiger charge is 2.24. The first-order valence-electron chi connectivity index (χ1n) is 9.62. The van der Waals surface area contributed by atoms with Gasteiger partial charge in [0.2, 0.25) is 5.82 Å². The van der Waals surface area contributed by atoms with Crippen molar-refractivity contribution in [3.05, 3.63) is 48.2 Å². The Labute approximate surface area is 164 Å². The molecular weight excluding hydrogens is 358 g/mol. The number of hydrogen-bond acceptors (Lipinski definition) is 5. The second kappa shape index (κ2) is 8.65. The van der Waals surface area contributed by atoms with Crippen LogP contribution in [0.2, 0.25) is 0 Å². The van der Waals surface area contributed by atoms with Gasteiger partial charge >= 0.3 is 0 Å². The molecule has 4 rings (SSSR count). The Morgan fingerprint density at radius 2 is 1.93 bits per heavy atom. The predicted octanol–water partition coefficient (Wildman–Crippen LogP) is 5.52. The SMILES string of the molecule is Cc1ccc(OCCSc2nnc(-c3ccco3)n2C2CCCCC2)cc1. The lowest BCUT2D eigenvalue weighted by Crippen LogP contribution is -2.15. The average molecular weight is 384 g/mol. The van der Waals surface area contributed by atoms with E-state index in [9.17, 15) is 0 Å². The standard InChI is InChI=1S/C21H25N3O2S/c1-16-9-11-18(12-10-16)25-14-15-27-21-23-22-20(19-8-5-13-26-19)24(21)17-6-3-2-4-7-17/h5,8-13,17H,2-4,6-7,14-15H2,1H3. The van der Waals surface area contributed by atoms with Gasteiger partial charge in [-0.25, -0.2) is 0 Å². The maximum Gasteiger partial charge on any atom is 0.200 e. The summed E-state index contributed by atoms with van der Waals surface area (Å²) in [6.45, 7) is 2.72. The first-order chi connectivity index (χ1) is 13.3. The highest BCUT2D eigenvalue weighted by atomic mass is 32.2. The Morgan fingerprint density at radius 3 is 2.67 bits per heavy atom. The molecule has 0 radical (unpaired) electrons. The zero-order valence-corrected chi connectivity index (χ0v) is 16.5. The lowest BCUT2D eigenvalue weighted by atomic mass is 9.95. The summed E-state index contributed by atoms with van der Waals surface area (Å²) >= 11 is 1.70. The molecule has 3 aromatic rings. The number of nitrogens with zero attached hydrogens (tertiary/aromatic N) is 3. The molecule has 0 unspecified atom stereocenters. The van der Waals surface area contributed by atoms with Gasteiger partial charge < -0.3 is 9.15 Å². The summed E-state index contributed by atoms with van der Waals surface area (Å²) in [4.78, 5) is 0. The maximum absolute atomic E-state index is 5.85. The third-order valence-corrected chi connectivity index (χ3v) is 5.86. The molecule has 0 saturated heterocycles. The number of hydrogen-bond donors (Lipinski definition) is 0. The van der Waals surface area contributed by atoms with Crippen LogP contribution < -0.4 is 4.74 Å². The third-order valence-electron chi connectivity index (χ3n) is 4.95. The summed E-state index contributed by atoms with van der Waals surface area (Å²) in [5.74, 6) is 3.37. The summed E-state index contributed by atoms with van der Waals surface area (Å²) in [5.41, 5.74) is 1.24. The normalized spacial score (nSPS) is 15.1. The molecule has 1 aliphatic carbocycles. The van der Waals surface area contributed by atoms with Crippen LogP contribution in [0.25, 0.3) is 11.6 Å². The summed E-state index contributed by atoms with van der Waals surface area (Å²) in [6.07, 6.45) is 7.90. The Balaban J connectivity index is 1.44. The average Bonchev–Trinajstić information content (AvgIpc) is 3.37. The highest BCUT2D eigenvalue weighted by Crippen LogP contribution is 2.35. The van der Waals surface area contributed by atoms with Gasteiger partial charge in [0, 0.05) is 11.8 Å². The lowest BCUT2D eigenvalue weighted by Gasteiger charge is -2.25. The molecule has 0 N–H and O–H groups in total. The van der Waals surface area contributed by atoms with E-state index in [0.717, 1.165) is 28.2 Å². The number of benzene rings is 1. The van der Waals surface area contributed by atoms with Gasteiger partial charge in [-0.3, -0.25) is 4.57 Å². The Hall–Kier alpha value is -2.21. The molecule has 27 heavy (non-hydrogen) atoms. The fourth-order valence-corrected chi connectivity index (χ4v) is 4.37. The van der Waals surface area contributed by atoms with E-state index in [1.165, 1.54) is 37.7 Å². The molecule has 0 aliphatic heterocycles. The van der Waals surface area contributed by atoms with Crippen LogP contribution in [0, 0.1) is 6.92 Å². The van der Waals surface area contributed by atoms with Gasteiger partial charge in [-0.1, -0.05) is 48.7 Å². The summed E-state index contributed by atoms with van der Waals surface area (Å²) in [5, 5.41) is 9.86. The first kappa shape index (κ1) is 18.2. The van der Waals surface area contributed by atoms with Gasteiger partial charge in [-0.15, -0.1) is 10.2 Å². The quantitative estimate of drug-likeness (QED) is 0.397. The van der Waals surface area contributed by atoms with Gasteiger partial charge in [0.1, 0.15) is 5.75 Å². The number of rotatable bonds is 7. The van der Waals surface area contributed by atoms with Crippen molar-refractivity contribution in [1.29, 1.82) is 0 Å². The molecule has 2 aromatic heterocycles. The van der Waals surface area contributed by atoms with Gasteiger partial charge in [0.25, 0.3) is 0 Å². The van der Waals surface area contributed by atoms with Crippen LogP contribution in [-0.4, -0.2) is 27.1 Å². The Morgan fingerprint density at radius 1 is 1.11 bits per heavy atom. The number of thioether (sulfide) groups is 1. The van der Waals surface area contributed by atoms with Crippen molar-refractivity contribution in [3.8, 4) is 17.3 Å². The Kier molecular flexibility index (Phi) is 5.82. The monoisotopic (exact) mass is 383 g/mol. The van der Waals surface area contributed by atoms with Gasteiger partial charge in [-0.2, -0.15) is 0 Å². The molecule has 1 saturated carbocycles. The number of furan rings is 1. The van der Waals surface area contributed by atoms with E-state index < -0.39 is 0 Å². The van der Waals surface area contributed by atoms with Crippen molar-refractivity contribution in [1.82, 2.24) is 14.8 Å². The number of aryl methyl sites for hydroxylation is 1. The van der Waals surface area contributed by atoms with E-state index >= 15 is 0 Å². The van der Waals surface area contributed by atoms with Crippen LogP contribution in [0.3, 0.4) is 0 Å². The smallest absolute Gasteiger partial charge is 0.200 e. The van der Waals surface area contributed by atoms with E-state index in [1.807, 2.05) is 24.3 Å². The molecule has 1 aliphatic rings. The van der Waals surface area contributed by atoms with Crippen molar-refractivity contribution in [3.63, 3.8) is 0 Å². The largest absolute Gasteiger partial charge is 0.493 e. The molecule has 6 heteroatoms. The summed E-state index contributed by atoms with van der Waals surface area (Å²) in [7, 11) is 0. The van der Waals surface area contributed by atoms with Crippen molar-refractivity contribution in [2.75, 3.05) is 12.4 Å². The summed E-state index contributed by atoms with van der Waals surface area (Å²) in [6, 6.07) is 12.5. The molecular formula is C21H25N3O2S. The third kappa shape index (κ3) is 4.38. The molecule has 142 valence electrons. The Bertz CT molecular complexity index is 837. The second-order valence-corrected chi connectivity index (χ2v) is 8.02. The lowest BCUT2D eigenvalue weighted by molar-refractivity contribution is 0.335. The maximum atomic E-state index is 5.85. The van der Waals surface area contributed by atoms with Crippen LogP contribution in [0.1, 0.15) is 43.7 Å². The van der Waals surface area contributed by atoms with Gasteiger partial charge in [-0.05, 0) is 44.0 Å². The van der Waals surface area contributed by atoms with Crippen molar-refractivity contribution in [2.24, 2.45) is 0 Å². The first-order valence-corrected chi connectivity index (χ1v) is 10.6. The minimum absolute atomic E-state index is 0.453. The molecule has 1 aromatic carbocycles. The van der Waals surface area contributed by atoms with Crippen LogP contribution in [-0.2, 0) is 0 Å². The summed E-state index contributed by atoms with van der Waals surface area (Å²) < 4.78 is 13.7. The minimum Gasteiger partial charge on any atom is -0.493 e. The van der Waals surface area contributed by atoms with Crippen molar-refractivity contribution < 1.29 is 9.15 Å². The van der Waals surface area contributed by atoms with Gasteiger partial charge in [0.15, 0.2) is 10.9 Å². The molecule has 0 amide bonds. The van der Waals surface area contributed by atoms with Crippen LogP contribution in [0.15, 0.2) is 52.2 Å². The van der Waals surface area contributed by atoms with Crippen LogP contribution in [0.4, 0.5) is 0 Å². The highest BCUT2D eigenvalue weighted by molar-refractivity contribution is 7.99. The molecule has 2 heterocycles. The van der Waals surface area contributed by atoms with E-state index in [1.54, 1.807) is 18.0 Å².